The van der Waals surface area contributed by atoms with E-state index in [-0.39, 0.29) is 6.10 Å². The van der Waals surface area contributed by atoms with E-state index in [0.717, 1.165) is 32.0 Å². The number of nitrogens with zero attached hydrogens (tertiary/aromatic N) is 1. The van der Waals surface area contributed by atoms with Crippen LogP contribution in [-0.4, -0.2) is 54.1 Å². The zero-order valence-electron chi connectivity index (χ0n) is 15.1. The van der Waals surface area contributed by atoms with Gasteiger partial charge in [-0.2, -0.15) is 0 Å². The van der Waals surface area contributed by atoms with E-state index in [4.69, 9.17) is 9.47 Å². The summed E-state index contributed by atoms with van der Waals surface area (Å²) in [5.41, 5.74) is 0.326. The van der Waals surface area contributed by atoms with Crippen LogP contribution >= 0.6 is 0 Å². The highest BCUT2D eigenvalue weighted by Crippen LogP contribution is 2.45. The van der Waals surface area contributed by atoms with Crippen molar-refractivity contribution < 1.29 is 19.4 Å². The van der Waals surface area contributed by atoms with Gasteiger partial charge in [0.05, 0.1) is 6.61 Å². The molecule has 1 spiro atoms. The number of hydrogen-bond acceptors (Lipinski definition) is 5. The maximum atomic E-state index is 10.6. The summed E-state index contributed by atoms with van der Waals surface area (Å²) >= 11 is 0. The lowest BCUT2D eigenvalue weighted by Crippen LogP contribution is -2.46. The molecular formula is C18H33NO4. The first-order chi connectivity index (χ1) is 10.8. The van der Waals surface area contributed by atoms with E-state index < -0.39 is 12.0 Å². The zero-order valence-corrected chi connectivity index (χ0v) is 15.1. The van der Waals surface area contributed by atoms with Gasteiger partial charge in [0.2, 0.25) is 0 Å². The SMILES string of the molecule is CCN(CCC=O)C(O)C1COC2(CCC(C(C)(C)C)CC2)O1. The van der Waals surface area contributed by atoms with E-state index in [9.17, 15) is 9.90 Å². The van der Waals surface area contributed by atoms with Crippen LogP contribution in [0.1, 0.15) is 59.8 Å². The first-order valence-corrected chi connectivity index (χ1v) is 8.99. The average molecular weight is 327 g/mol. The van der Waals surface area contributed by atoms with Gasteiger partial charge >= 0.3 is 0 Å². The molecule has 2 rings (SSSR count). The first-order valence-electron chi connectivity index (χ1n) is 8.99. The smallest absolute Gasteiger partial charge is 0.169 e. The van der Waals surface area contributed by atoms with Crippen LogP contribution in [0.5, 0.6) is 0 Å². The Morgan fingerprint density at radius 3 is 2.52 bits per heavy atom. The summed E-state index contributed by atoms with van der Waals surface area (Å²) in [5, 5.41) is 10.5. The van der Waals surface area contributed by atoms with Gasteiger partial charge in [0, 0.05) is 25.8 Å². The van der Waals surface area contributed by atoms with E-state index in [0.29, 0.717) is 37.5 Å². The van der Waals surface area contributed by atoms with Crippen molar-refractivity contribution in [1.29, 1.82) is 0 Å². The van der Waals surface area contributed by atoms with Crippen molar-refractivity contribution in [1.82, 2.24) is 4.90 Å². The van der Waals surface area contributed by atoms with Gasteiger partial charge in [-0.15, -0.1) is 0 Å². The summed E-state index contributed by atoms with van der Waals surface area (Å²) in [5.74, 6) is 0.196. The van der Waals surface area contributed by atoms with Crippen molar-refractivity contribution >= 4 is 6.29 Å². The first kappa shape index (κ1) is 18.8. The van der Waals surface area contributed by atoms with Crippen LogP contribution in [0, 0.1) is 11.3 Å². The highest BCUT2D eigenvalue weighted by Gasteiger charge is 2.48. The summed E-state index contributed by atoms with van der Waals surface area (Å²) < 4.78 is 12.2. The number of likely N-dealkylation sites (N-methyl/N-ethyl adjacent to an activating group) is 1. The molecule has 134 valence electrons. The summed E-state index contributed by atoms with van der Waals surface area (Å²) in [4.78, 5) is 12.4. The molecule has 2 atom stereocenters. The van der Waals surface area contributed by atoms with Crippen molar-refractivity contribution in [2.45, 2.75) is 77.9 Å². The number of ether oxygens (including phenoxy) is 2. The summed E-state index contributed by atoms with van der Waals surface area (Å²) in [7, 11) is 0. The molecule has 1 aliphatic heterocycles. The monoisotopic (exact) mass is 327 g/mol. The largest absolute Gasteiger partial charge is 0.376 e. The number of rotatable bonds is 6. The molecule has 1 N–H and O–H groups in total. The van der Waals surface area contributed by atoms with Crippen molar-refractivity contribution in [3.8, 4) is 0 Å². The fourth-order valence-corrected chi connectivity index (χ4v) is 3.84. The van der Waals surface area contributed by atoms with Crippen LogP contribution in [0.4, 0.5) is 0 Å². The van der Waals surface area contributed by atoms with Gasteiger partial charge in [0.15, 0.2) is 5.79 Å². The number of aliphatic hydroxyl groups is 1. The number of hydrogen-bond donors (Lipinski definition) is 1. The van der Waals surface area contributed by atoms with Crippen LogP contribution in [0.2, 0.25) is 0 Å². The van der Waals surface area contributed by atoms with Gasteiger partial charge < -0.3 is 19.4 Å². The molecular weight excluding hydrogens is 294 g/mol. The van der Waals surface area contributed by atoms with Crippen molar-refractivity contribution in [3.63, 3.8) is 0 Å². The highest BCUT2D eigenvalue weighted by atomic mass is 16.7. The topological polar surface area (TPSA) is 59.0 Å². The van der Waals surface area contributed by atoms with E-state index in [1.807, 2.05) is 11.8 Å². The lowest BCUT2D eigenvalue weighted by atomic mass is 9.71. The van der Waals surface area contributed by atoms with Crippen molar-refractivity contribution in [2.75, 3.05) is 19.7 Å². The highest BCUT2D eigenvalue weighted by molar-refractivity contribution is 5.49. The van der Waals surface area contributed by atoms with E-state index >= 15 is 0 Å². The van der Waals surface area contributed by atoms with Crippen LogP contribution in [0.3, 0.4) is 0 Å². The molecule has 1 saturated carbocycles. The van der Waals surface area contributed by atoms with Gasteiger partial charge in [-0.1, -0.05) is 27.7 Å². The zero-order chi connectivity index (χ0) is 17.1. The molecule has 2 aliphatic rings. The van der Waals surface area contributed by atoms with Crippen LogP contribution in [-0.2, 0) is 14.3 Å². The Bertz CT molecular complexity index is 385. The Morgan fingerprint density at radius 2 is 2.00 bits per heavy atom. The van der Waals surface area contributed by atoms with Crippen LogP contribution in [0.25, 0.3) is 0 Å². The molecule has 5 nitrogen and oxygen atoms in total. The Morgan fingerprint density at radius 1 is 1.35 bits per heavy atom. The van der Waals surface area contributed by atoms with E-state index in [1.165, 1.54) is 0 Å². The summed E-state index contributed by atoms with van der Waals surface area (Å²) in [6.45, 7) is 10.5. The van der Waals surface area contributed by atoms with Crippen LogP contribution < -0.4 is 0 Å². The molecule has 0 aromatic carbocycles. The quantitative estimate of drug-likeness (QED) is 0.600. The Balaban J connectivity index is 1.89. The minimum atomic E-state index is -0.709. The van der Waals surface area contributed by atoms with E-state index in [2.05, 4.69) is 20.8 Å². The van der Waals surface area contributed by atoms with Crippen LogP contribution in [0.15, 0.2) is 0 Å². The number of carbonyl (C=O) groups is 1. The van der Waals surface area contributed by atoms with Gasteiger partial charge in [0.1, 0.15) is 18.6 Å². The second-order valence-corrected chi connectivity index (χ2v) is 8.02. The molecule has 5 heteroatoms. The number of aliphatic hydroxyl groups excluding tert-OH is 1. The maximum absolute atomic E-state index is 10.6. The summed E-state index contributed by atoms with van der Waals surface area (Å²) in [6, 6.07) is 0. The normalized spacial score (nSPS) is 33.3. The lowest BCUT2D eigenvalue weighted by molar-refractivity contribution is -0.213. The third kappa shape index (κ3) is 4.53. The second-order valence-electron chi connectivity index (χ2n) is 8.02. The molecule has 1 heterocycles. The Labute approximate surface area is 140 Å². The molecule has 23 heavy (non-hydrogen) atoms. The maximum Gasteiger partial charge on any atom is 0.169 e. The number of aldehydes is 1. The summed E-state index contributed by atoms with van der Waals surface area (Å²) in [6.07, 6.45) is 4.29. The van der Waals surface area contributed by atoms with Gasteiger partial charge in [0.25, 0.3) is 0 Å². The molecule has 0 bridgehead atoms. The molecule has 1 saturated heterocycles. The minimum Gasteiger partial charge on any atom is -0.376 e. The predicted molar refractivity (Wildman–Crippen MR) is 88.9 cm³/mol. The Hall–Kier alpha value is -0.490. The number of carbonyl (C=O) groups excluding carboxylic acids is 1. The molecule has 0 aromatic rings. The fourth-order valence-electron chi connectivity index (χ4n) is 3.84. The average Bonchev–Trinajstić information content (AvgIpc) is 2.91. The fraction of sp³-hybridized carbons (Fsp3) is 0.944. The predicted octanol–water partition coefficient (Wildman–Crippen LogP) is 2.56. The molecule has 0 radical (unpaired) electrons. The lowest BCUT2D eigenvalue weighted by Gasteiger charge is -2.41. The van der Waals surface area contributed by atoms with Gasteiger partial charge in [-0.25, -0.2) is 0 Å². The van der Waals surface area contributed by atoms with Crippen molar-refractivity contribution in [2.24, 2.45) is 11.3 Å². The Kier molecular flexibility index (Phi) is 6.22. The molecule has 0 amide bonds. The van der Waals surface area contributed by atoms with E-state index in [1.54, 1.807) is 0 Å². The standard InChI is InChI=1S/C18H33NO4/c1-5-19(11-6-12-20)16(21)15-13-22-18(23-15)9-7-14(8-10-18)17(2,3)4/h12,14-16,21H,5-11,13H2,1-4H3. The molecule has 0 aromatic heterocycles. The van der Waals surface area contributed by atoms with Gasteiger partial charge in [-0.05, 0) is 30.7 Å². The molecule has 1 aliphatic carbocycles. The van der Waals surface area contributed by atoms with Crippen molar-refractivity contribution in [3.05, 3.63) is 0 Å². The third-order valence-corrected chi connectivity index (χ3v) is 5.50. The second kappa shape index (κ2) is 7.60. The molecule has 2 fully saturated rings. The third-order valence-electron chi connectivity index (χ3n) is 5.50. The molecule has 2 unspecified atom stereocenters. The minimum absolute atomic E-state index is 0.326. The van der Waals surface area contributed by atoms with Gasteiger partial charge in [-0.3, -0.25) is 4.90 Å².